The second-order valence-corrected chi connectivity index (χ2v) is 10.5. The maximum Gasteiger partial charge on any atom is 0.234 e. The molecule has 156 valence electrons. The fourth-order valence-electron chi connectivity index (χ4n) is 3.74. The minimum atomic E-state index is -3.24. The number of amides is 1. The van der Waals surface area contributed by atoms with Crippen LogP contribution < -0.4 is 0 Å². The molecule has 0 radical (unpaired) electrons. The van der Waals surface area contributed by atoms with Gasteiger partial charge in [0.05, 0.1) is 22.0 Å². The van der Waals surface area contributed by atoms with Crippen molar-refractivity contribution in [2.75, 3.05) is 12.0 Å². The van der Waals surface area contributed by atoms with E-state index in [2.05, 4.69) is 0 Å². The van der Waals surface area contributed by atoms with Crippen LogP contribution in [0.15, 0.2) is 59.5 Å². The van der Waals surface area contributed by atoms with Gasteiger partial charge in [0.1, 0.15) is 5.37 Å². The summed E-state index contributed by atoms with van der Waals surface area (Å²) in [6, 6.07) is 16.7. The molecule has 1 unspecified atom stereocenters. The maximum absolute atomic E-state index is 12.7. The third kappa shape index (κ3) is 3.89. The summed E-state index contributed by atoms with van der Waals surface area (Å²) in [5, 5.41) is 4.61. The number of nitrogens with zero attached hydrogens (tertiary/aromatic N) is 3. The lowest BCUT2D eigenvalue weighted by Crippen LogP contribution is -2.28. The van der Waals surface area contributed by atoms with Crippen molar-refractivity contribution in [2.24, 2.45) is 0 Å². The Labute approximate surface area is 180 Å². The fourth-order valence-corrected chi connectivity index (χ4v) is 5.71. The topological polar surface area (TPSA) is 72.3 Å². The van der Waals surface area contributed by atoms with Crippen molar-refractivity contribution < 1.29 is 13.2 Å². The van der Waals surface area contributed by atoms with Crippen molar-refractivity contribution >= 4 is 27.5 Å². The van der Waals surface area contributed by atoms with Gasteiger partial charge in [-0.1, -0.05) is 30.3 Å². The van der Waals surface area contributed by atoms with Gasteiger partial charge in [-0.2, -0.15) is 5.10 Å². The highest BCUT2D eigenvalue weighted by Crippen LogP contribution is 2.42. The monoisotopic (exact) mass is 441 g/mol. The summed E-state index contributed by atoms with van der Waals surface area (Å²) in [4.78, 5) is 14.8. The molecule has 4 rings (SSSR count). The van der Waals surface area contributed by atoms with Gasteiger partial charge in [0, 0.05) is 24.1 Å². The first kappa shape index (κ1) is 20.7. The predicted molar refractivity (Wildman–Crippen MR) is 118 cm³/mol. The van der Waals surface area contributed by atoms with Crippen LogP contribution in [0.5, 0.6) is 0 Å². The number of rotatable bonds is 5. The van der Waals surface area contributed by atoms with Crippen molar-refractivity contribution in [1.29, 1.82) is 0 Å². The average Bonchev–Trinajstić information content (AvgIpc) is 3.21. The number of carbonyl (C=O) groups excluding carboxylic acids is 1. The van der Waals surface area contributed by atoms with Gasteiger partial charge in [-0.15, -0.1) is 11.8 Å². The van der Waals surface area contributed by atoms with Gasteiger partial charge in [-0.25, -0.2) is 13.1 Å². The number of benzene rings is 2. The molecule has 30 heavy (non-hydrogen) atoms. The van der Waals surface area contributed by atoms with E-state index in [1.807, 2.05) is 53.8 Å². The summed E-state index contributed by atoms with van der Waals surface area (Å²) in [6.45, 7) is 4.44. The first-order chi connectivity index (χ1) is 14.3. The molecule has 8 heteroatoms. The smallest absolute Gasteiger partial charge is 0.234 e. The highest BCUT2D eigenvalue weighted by atomic mass is 32.2. The summed E-state index contributed by atoms with van der Waals surface area (Å²) in [5.41, 5.74) is 4.86. The molecule has 2 aromatic carbocycles. The van der Waals surface area contributed by atoms with Gasteiger partial charge in [0.25, 0.3) is 0 Å². The Morgan fingerprint density at radius 3 is 2.37 bits per heavy atom. The number of thioether (sulfide) groups is 1. The van der Waals surface area contributed by atoms with Gasteiger partial charge < -0.3 is 4.90 Å². The van der Waals surface area contributed by atoms with E-state index in [0.29, 0.717) is 12.3 Å². The Kier molecular flexibility index (Phi) is 5.46. The molecule has 1 atom stereocenters. The fraction of sp³-hybridized carbons (Fsp3) is 0.273. The molecule has 0 N–H and O–H groups in total. The number of para-hydroxylation sites is 1. The molecule has 1 fully saturated rings. The summed E-state index contributed by atoms with van der Waals surface area (Å²) in [5.74, 6) is 0.491. The first-order valence-corrected chi connectivity index (χ1v) is 12.5. The third-order valence-electron chi connectivity index (χ3n) is 5.27. The van der Waals surface area contributed by atoms with Gasteiger partial charge in [0.2, 0.25) is 5.91 Å². The second kappa shape index (κ2) is 7.92. The van der Waals surface area contributed by atoms with Crippen molar-refractivity contribution in [3.63, 3.8) is 0 Å². The maximum atomic E-state index is 12.7. The quantitative estimate of drug-likeness (QED) is 0.604. The van der Waals surface area contributed by atoms with E-state index in [1.165, 1.54) is 6.26 Å². The number of carbonyl (C=O) groups is 1. The van der Waals surface area contributed by atoms with Crippen LogP contribution in [0, 0.1) is 13.8 Å². The van der Waals surface area contributed by atoms with Crippen molar-refractivity contribution in [1.82, 2.24) is 14.7 Å². The lowest BCUT2D eigenvalue weighted by atomic mass is 10.1. The minimum absolute atomic E-state index is 0.0726. The highest BCUT2D eigenvalue weighted by molar-refractivity contribution is 8.00. The first-order valence-electron chi connectivity index (χ1n) is 9.57. The van der Waals surface area contributed by atoms with Crippen molar-refractivity contribution in [3.05, 3.63) is 77.1 Å². The number of hydrogen-bond donors (Lipinski definition) is 0. The van der Waals surface area contributed by atoms with E-state index in [0.717, 1.165) is 28.2 Å². The predicted octanol–water partition coefficient (Wildman–Crippen LogP) is 3.67. The molecule has 1 aromatic heterocycles. The Bertz CT molecular complexity index is 1190. The number of sulfone groups is 1. The lowest BCUT2D eigenvalue weighted by Gasteiger charge is -2.24. The molecular formula is C22H23N3O3S2. The van der Waals surface area contributed by atoms with Crippen LogP contribution in [0.25, 0.3) is 5.69 Å². The molecule has 6 nitrogen and oxygen atoms in total. The molecular weight excluding hydrogens is 418 g/mol. The Hall–Kier alpha value is -2.58. The number of aryl methyl sites for hydroxylation is 1. The van der Waals surface area contributed by atoms with Crippen molar-refractivity contribution in [2.45, 2.75) is 30.7 Å². The van der Waals surface area contributed by atoms with Crippen molar-refractivity contribution in [3.8, 4) is 5.69 Å². The molecule has 0 spiro atoms. The van der Waals surface area contributed by atoms with E-state index in [1.54, 1.807) is 36.0 Å². The second-order valence-electron chi connectivity index (χ2n) is 7.43. The summed E-state index contributed by atoms with van der Waals surface area (Å²) in [7, 11) is -3.24. The molecule has 1 aliphatic heterocycles. The summed E-state index contributed by atoms with van der Waals surface area (Å²) < 4.78 is 25.3. The molecule has 1 amide bonds. The zero-order chi connectivity index (χ0) is 21.5. The zero-order valence-electron chi connectivity index (χ0n) is 17.1. The Morgan fingerprint density at radius 2 is 1.73 bits per heavy atom. The largest absolute Gasteiger partial charge is 0.321 e. The standard InChI is InChI=1S/C22H23N3O3S2/c1-15-21(16(2)25(23-15)18-7-5-4-6-8-18)22-24(20(26)14-29-22)13-17-9-11-19(12-10-17)30(3,27)28/h4-12,22H,13-14H2,1-3H3. The normalized spacial score (nSPS) is 17.0. The molecule has 1 saturated heterocycles. The van der Waals surface area contributed by atoms with Crippen LogP contribution in [0.2, 0.25) is 0 Å². The summed E-state index contributed by atoms with van der Waals surface area (Å²) >= 11 is 1.60. The van der Waals surface area contributed by atoms with E-state index in [4.69, 9.17) is 5.10 Å². The highest BCUT2D eigenvalue weighted by Gasteiger charge is 2.36. The van der Waals surface area contributed by atoms with Gasteiger partial charge >= 0.3 is 0 Å². The van der Waals surface area contributed by atoms with E-state index >= 15 is 0 Å². The third-order valence-corrected chi connectivity index (χ3v) is 7.62. The Balaban J connectivity index is 1.65. The zero-order valence-corrected chi connectivity index (χ0v) is 18.7. The average molecular weight is 442 g/mol. The van der Waals surface area contributed by atoms with Gasteiger partial charge in [-0.05, 0) is 43.7 Å². The van der Waals surface area contributed by atoms with Crippen LogP contribution in [-0.2, 0) is 21.2 Å². The van der Waals surface area contributed by atoms with Gasteiger partial charge in [0.15, 0.2) is 9.84 Å². The number of hydrogen-bond acceptors (Lipinski definition) is 5. The van der Waals surface area contributed by atoms with Crippen LogP contribution in [0.3, 0.4) is 0 Å². The van der Waals surface area contributed by atoms with Crippen LogP contribution in [-0.4, -0.2) is 41.0 Å². The van der Waals surface area contributed by atoms with Crippen LogP contribution in [0.4, 0.5) is 0 Å². The van der Waals surface area contributed by atoms with E-state index in [-0.39, 0.29) is 16.2 Å². The minimum Gasteiger partial charge on any atom is -0.321 e. The number of aromatic nitrogens is 2. The molecule has 1 aliphatic rings. The molecule has 0 saturated carbocycles. The van der Waals surface area contributed by atoms with E-state index < -0.39 is 9.84 Å². The van der Waals surface area contributed by atoms with Crippen LogP contribution >= 0.6 is 11.8 Å². The van der Waals surface area contributed by atoms with Crippen LogP contribution in [0.1, 0.15) is 27.9 Å². The van der Waals surface area contributed by atoms with Gasteiger partial charge in [-0.3, -0.25) is 4.79 Å². The molecule has 0 aliphatic carbocycles. The molecule has 3 aromatic rings. The van der Waals surface area contributed by atoms with E-state index in [9.17, 15) is 13.2 Å². The summed E-state index contributed by atoms with van der Waals surface area (Å²) in [6.07, 6.45) is 1.19. The molecule has 2 heterocycles. The SMILES string of the molecule is Cc1nn(-c2ccccc2)c(C)c1C1SCC(=O)N1Cc1ccc(S(C)(=O)=O)cc1. The molecule has 0 bridgehead atoms. The lowest BCUT2D eigenvalue weighted by molar-refractivity contribution is -0.128. The Morgan fingerprint density at radius 1 is 1.07 bits per heavy atom.